The summed E-state index contributed by atoms with van der Waals surface area (Å²) in [5.41, 5.74) is 5.03. The minimum Gasteiger partial charge on any atom is -0.388 e. The predicted octanol–water partition coefficient (Wildman–Crippen LogP) is 0.324. The molecule has 0 aromatic heterocycles. The number of fused-ring (bicyclic) bond motifs is 1. The third-order valence-corrected chi connectivity index (χ3v) is 3.61. The number of hydrogen-bond donors (Lipinski definition) is 2. The number of nitrogens with two attached hydrogens (primary N) is 1. The van der Waals surface area contributed by atoms with Gasteiger partial charge in [0.15, 0.2) is 0 Å². The highest BCUT2D eigenvalue weighted by Crippen LogP contribution is 2.31. The Balaban J connectivity index is 1.98. The summed E-state index contributed by atoms with van der Waals surface area (Å²) >= 11 is 0. The Labute approximate surface area is 79.9 Å². The zero-order valence-electron chi connectivity index (χ0n) is 8.21. The van der Waals surface area contributed by atoms with Crippen molar-refractivity contribution >= 4 is 0 Å². The minimum absolute atomic E-state index is 0.428. The smallest absolute Gasteiger partial charge is 0.0796 e. The van der Waals surface area contributed by atoms with Crippen LogP contribution < -0.4 is 5.73 Å². The van der Waals surface area contributed by atoms with Crippen molar-refractivity contribution in [1.82, 2.24) is 4.90 Å². The van der Waals surface area contributed by atoms with E-state index in [1.807, 2.05) is 0 Å². The zero-order valence-corrected chi connectivity index (χ0v) is 8.21. The van der Waals surface area contributed by atoms with Crippen LogP contribution in [0.2, 0.25) is 0 Å². The lowest BCUT2D eigenvalue weighted by Gasteiger charge is -2.45. The second-order valence-corrected chi connectivity index (χ2v) is 4.57. The Bertz CT molecular complexity index is 186. The fraction of sp³-hybridized carbons (Fsp3) is 1.00. The van der Waals surface area contributed by atoms with Gasteiger partial charge in [-0.05, 0) is 32.2 Å². The standard InChI is InChI=1S/C10H20N2O/c11-8-10(13)4-6-12-5-2-1-3-9(12)7-10/h9,13H,1-8,11H2. The first-order chi connectivity index (χ1) is 6.23. The van der Waals surface area contributed by atoms with E-state index in [9.17, 15) is 5.11 Å². The number of rotatable bonds is 1. The summed E-state index contributed by atoms with van der Waals surface area (Å²) in [6.45, 7) is 2.70. The molecule has 2 aliphatic rings. The lowest BCUT2D eigenvalue weighted by atomic mass is 9.82. The molecule has 2 saturated heterocycles. The average molecular weight is 184 g/mol. The molecule has 3 nitrogen and oxygen atoms in total. The SMILES string of the molecule is NCC1(O)CCN2CCCCC2C1. The molecule has 0 radical (unpaired) electrons. The number of nitrogens with zero attached hydrogens (tertiary/aromatic N) is 1. The van der Waals surface area contributed by atoms with Crippen LogP contribution >= 0.6 is 0 Å². The molecule has 76 valence electrons. The molecule has 3 N–H and O–H groups in total. The molecule has 2 fully saturated rings. The summed E-state index contributed by atoms with van der Waals surface area (Å²) in [6.07, 6.45) is 5.66. The van der Waals surface area contributed by atoms with Gasteiger partial charge in [-0.15, -0.1) is 0 Å². The largest absolute Gasteiger partial charge is 0.388 e. The summed E-state index contributed by atoms with van der Waals surface area (Å²) in [7, 11) is 0. The van der Waals surface area contributed by atoms with Gasteiger partial charge in [-0.2, -0.15) is 0 Å². The number of aliphatic hydroxyl groups is 1. The van der Waals surface area contributed by atoms with Gasteiger partial charge in [-0.25, -0.2) is 0 Å². The van der Waals surface area contributed by atoms with Crippen molar-refractivity contribution in [2.75, 3.05) is 19.6 Å². The molecule has 0 aliphatic carbocycles. The van der Waals surface area contributed by atoms with Crippen LogP contribution in [0.4, 0.5) is 0 Å². The molecular weight excluding hydrogens is 164 g/mol. The summed E-state index contributed by atoms with van der Waals surface area (Å²) in [5.74, 6) is 0. The van der Waals surface area contributed by atoms with Gasteiger partial charge in [0, 0.05) is 19.1 Å². The van der Waals surface area contributed by atoms with Crippen LogP contribution in [0.1, 0.15) is 32.1 Å². The summed E-state index contributed by atoms with van der Waals surface area (Å²) in [6, 6.07) is 0.607. The number of piperidine rings is 2. The maximum Gasteiger partial charge on any atom is 0.0796 e. The second kappa shape index (κ2) is 3.56. The van der Waals surface area contributed by atoms with Crippen molar-refractivity contribution in [3.05, 3.63) is 0 Å². The van der Waals surface area contributed by atoms with Crippen LogP contribution in [0.5, 0.6) is 0 Å². The van der Waals surface area contributed by atoms with Gasteiger partial charge < -0.3 is 15.7 Å². The highest BCUT2D eigenvalue weighted by Gasteiger charge is 2.37. The predicted molar refractivity (Wildman–Crippen MR) is 52.5 cm³/mol. The van der Waals surface area contributed by atoms with Crippen LogP contribution in [-0.2, 0) is 0 Å². The fourth-order valence-electron chi connectivity index (χ4n) is 2.66. The van der Waals surface area contributed by atoms with E-state index < -0.39 is 5.60 Å². The first kappa shape index (κ1) is 9.44. The highest BCUT2D eigenvalue weighted by molar-refractivity contribution is 4.93. The molecule has 2 rings (SSSR count). The fourth-order valence-corrected chi connectivity index (χ4v) is 2.66. The molecule has 0 amide bonds. The molecule has 0 aromatic rings. The molecule has 2 atom stereocenters. The topological polar surface area (TPSA) is 49.5 Å². The average Bonchev–Trinajstić information content (AvgIpc) is 2.18. The van der Waals surface area contributed by atoms with Gasteiger partial charge in [0.2, 0.25) is 0 Å². The molecule has 0 bridgehead atoms. The van der Waals surface area contributed by atoms with Crippen LogP contribution in [0.3, 0.4) is 0 Å². The Kier molecular flexibility index (Phi) is 2.58. The van der Waals surface area contributed by atoms with Crippen molar-refractivity contribution in [2.24, 2.45) is 5.73 Å². The van der Waals surface area contributed by atoms with Crippen LogP contribution in [0.15, 0.2) is 0 Å². The molecule has 3 heteroatoms. The molecule has 13 heavy (non-hydrogen) atoms. The normalized spacial score (nSPS) is 41.5. The van der Waals surface area contributed by atoms with Crippen LogP contribution in [0, 0.1) is 0 Å². The first-order valence-corrected chi connectivity index (χ1v) is 5.40. The van der Waals surface area contributed by atoms with E-state index in [0.717, 1.165) is 19.4 Å². The van der Waals surface area contributed by atoms with Gasteiger partial charge in [0.25, 0.3) is 0 Å². The van der Waals surface area contributed by atoms with Crippen molar-refractivity contribution in [1.29, 1.82) is 0 Å². The Morgan fingerprint density at radius 3 is 3.00 bits per heavy atom. The van der Waals surface area contributed by atoms with Crippen molar-refractivity contribution in [2.45, 2.75) is 43.7 Å². The van der Waals surface area contributed by atoms with E-state index in [2.05, 4.69) is 4.90 Å². The Morgan fingerprint density at radius 1 is 1.38 bits per heavy atom. The van der Waals surface area contributed by atoms with Crippen LogP contribution in [0.25, 0.3) is 0 Å². The molecule has 0 aromatic carbocycles. The molecule has 0 saturated carbocycles. The lowest BCUT2D eigenvalue weighted by Crippen LogP contribution is -2.54. The zero-order chi connectivity index (χ0) is 9.31. The summed E-state index contributed by atoms with van der Waals surface area (Å²) in [4.78, 5) is 2.52. The molecule has 2 unspecified atom stereocenters. The van der Waals surface area contributed by atoms with Crippen LogP contribution in [-0.4, -0.2) is 41.3 Å². The lowest BCUT2D eigenvalue weighted by molar-refractivity contribution is -0.0499. The molecule has 2 heterocycles. The van der Waals surface area contributed by atoms with E-state index in [4.69, 9.17) is 5.73 Å². The van der Waals surface area contributed by atoms with E-state index in [1.54, 1.807) is 0 Å². The molecule has 2 aliphatic heterocycles. The van der Waals surface area contributed by atoms with Gasteiger partial charge in [0.1, 0.15) is 0 Å². The maximum atomic E-state index is 10.1. The minimum atomic E-state index is -0.557. The van der Waals surface area contributed by atoms with Gasteiger partial charge in [0.05, 0.1) is 5.60 Å². The second-order valence-electron chi connectivity index (χ2n) is 4.57. The molecular formula is C10H20N2O. The van der Waals surface area contributed by atoms with Crippen molar-refractivity contribution in [3.63, 3.8) is 0 Å². The summed E-state index contributed by atoms with van der Waals surface area (Å²) in [5, 5.41) is 10.1. The van der Waals surface area contributed by atoms with Gasteiger partial charge >= 0.3 is 0 Å². The highest BCUT2D eigenvalue weighted by atomic mass is 16.3. The van der Waals surface area contributed by atoms with E-state index in [-0.39, 0.29) is 0 Å². The third kappa shape index (κ3) is 1.87. The Morgan fingerprint density at radius 2 is 2.23 bits per heavy atom. The summed E-state index contributed by atoms with van der Waals surface area (Å²) < 4.78 is 0. The van der Waals surface area contributed by atoms with Crippen molar-refractivity contribution in [3.8, 4) is 0 Å². The number of hydrogen-bond acceptors (Lipinski definition) is 3. The van der Waals surface area contributed by atoms with E-state index >= 15 is 0 Å². The van der Waals surface area contributed by atoms with Gasteiger partial charge in [-0.1, -0.05) is 6.42 Å². The van der Waals surface area contributed by atoms with E-state index in [1.165, 1.54) is 25.8 Å². The van der Waals surface area contributed by atoms with Gasteiger partial charge in [-0.3, -0.25) is 0 Å². The first-order valence-electron chi connectivity index (χ1n) is 5.40. The molecule has 0 spiro atoms. The maximum absolute atomic E-state index is 10.1. The quantitative estimate of drug-likeness (QED) is 0.617. The Hall–Kier alpha value is -0.120. The third-order valence-electron chi connectivity index (χ3n) is 3.61. The van der Waals surface area contributed by atoms with Crippen molar-refractivity contribution < 1.29 is 5.11 Å². The monoisotopic (exact) mass is 184 g/mol. The van der Waals surface area contributed by atoms with E-state index in [0.29, 0.717) is 12.6 Å².